The summed E-state index contributed by atoms with van der Waals surface area (Å²) in [6.07, 6.45) is 4.25. The summed E-state index contributed by atoms with van der Waals surface area (Å²) in [5.74, 6) is 2.09. The third kappa shape index (κ3) is 5.88. The zero-order chi connectivity index (χ0) is 20.6. The van der Waals surface area contributed by atoms with Crippen molar-refractivity contribution in [2.75, 3.05) is 33.9 Å². The Bertz CT molecular complexity index is 786. The van der Waals surface area contributed by atoms with Gasteiger partial charge in [-0.3, -0.25) is 4.68 Å². The van der Waals surface area contributed by atoms with Crippen LogP contribution < -0.4 is 20.1 Å². The molecule has 0 saturated carbocycles. The number of nitrogens with one attached hydrogen (secondary N) is 2. The molecule has 0 saturated heterocycles. The topological polar surface area (TPSA) is 92.9 Å². The van der Waals surface area contributed by atoms with Crippen LogP contribution in [0.2, 0.25) is 0 Å². The van der Waals surface area contributed by atoms with Gasteiger partial charge in [0.2, 0.25) is 0 Å². The predicted octanol–water partition coefficient (Wildman–Crippen LogP) is 1.44. The lowest BCUT2D eigenvalue weighted by molar-refractivity contribution is 0.0672. The summed E-state index contributed by atoms with van der Waals surface area (Å²) in [7, 11) is 5.07. The fourth-order valence-electron chi connectivity index (χ4n) is 2.73. The van der Waals surface area contributed by atoms with Gasteiger partial charge in [0.15, 0.2) is 17.5 Å². The second-order valence-corrected chi connectivity index (χ2v) is 6.74. The van der Waals surface area contributed by atoms with Gasteiger partial charge in [0.1, 0.15) is 5.60 Å². The van der Waals surface area contributed by atoms with Gasteiger partial charge in [0.05, 0.1) is 27.0 Å². The molecule has 0 fully saturated rings. The van der Waals surface area contributed by atoms with Gasteiger partial charge in [-0.1, -0.05) is 6.07 Å². The van der Waals surface area contributed by atoms with E-state index in [0.717, 1.165) is 24.1 Å². The van der Waals surface area contributed by atoms with Crippen LogP contribution in [0.3, 0.4) is 0 Å². The van der Waals surface area contributed by atoms with Crippen molar-refractivity contribution in [3.8, 4) is 11.5 Å². The van der Waals surface area contributed by atoms with Crippen molar-refractivity contribution in [2.24, 2.45) is 12.0 Å². The Labute approximate surface area is 166 Å². The molecule has 154 valence electrons. The Morgan fingerprint density at radius 2 is 2.00 bits per heavy atom. The summed E-state index contributed by atoms with van der Waals surface area (Å²) in [4.78, 5) is 4.53. The molecule has 0 aliphatic carbocycles. The van der Waals surface area contributed by atoms with Gasteiger partial charge in [-0.05, 0) is 38.0 Å². The molecule has 0 aliphatic heterocycles. The van der Waals surface area contributed by atoms with Crippen molar-refractivity contribution in [1.82, 2.24) is 20.4 Å². The minimum atomic E-state index is -1.08. The lowest BCUT2D eigenvalue weighted by atomic mass is 10.0. The molecule has 1 atom stereocenters. The smallest absolute Gasteiger partial charge is 0.191 e. The van der Waals surface area contributed by atoms with E-state index in [1.54, 1.807) is 38.2 Å². The fraction of sp³-hybridized carbons (Fsp3) is 0.500. The van der Waals surface area contributed by atoms with Crippen molar-refractivity contribution >= 4 is 5.96 Å². The summed E-state index contributed by atoms with van der Waals surface area (Å²) >= 11 is 0. The Morgan fingerprint density at radius 3 is 2.61 bits per heavy atom. The number of nitrogens with zero attached hydrogens (tertiary/aromatic N) is 3. The molecule has 1 aromatic carbocycles. The maximum absolute atomic E-state index is 10.7. The third-order valence-electron chi connectivity index (χ3n) is 4.37. The summed E-state index contributed by atoms with van der Waals surface area (Å²) < 4.78 is 12.3. The van der Waals surface area contributed by atoms with Crippen LogP contribution in [-0.4, -0.2) is 54.7 Å². The fourth-order valence-corrected chi connectivity index (χ4v) is 2.73. The molecular formula is C20H31N5O3. The van der Waals surface area contributed by atoms with Crippen LogP contribution in [0.5, 0.6) is 11.5 Å². The van der Waals surface area contributed by atoms with Crippen LogP contribution in [0.25, 0.3) is 0 Å². The molecular weight excluding hydrogens is 358 g/mol. The largest absolute Gasteiger partial charge is 0.493 e. The molecule has 0 spiro atoms. The maximum Gasteiger partial charge on any atom is 0.191 e. The molecule has 1 heterocycles. The first-order valence-electron chi connectivity index (χ1n) is 9.34. The van der Waals surface area contributed by atoms with Crippen LogP contribution in [0.4, 0.5) is 0 Å². The maximum atomic E-state index is 10.7. The van der Waals surface area contributed by atoms with E-state index in [0.29, 0.717) is 24.0 Å². The number of guanidine groups is 1. The standard InChI is InChI=1S/C20H31N5O3/c1-6-21-19(23-14-20(2,26)16-12-24-25(3)13-16)22-10-9-15-7-8-17(27-4)18(11-15)28-5/h7-8,11-13,26H,6,9-10,14H2,1-5H3,(H2,21,22,23). The molecule has 0 amide bonds. The molecule has 1 unspecified atom stereocenters. The lowest BCUT2D eigenvalue weighted by Gasteiger charge is -2.20. The van der Waals surface area contributed by atoms with Crippen LogP contribution in [0.15, 0.2) is 35.6 Å². The van der Waals surface area contributed by atoms with Crippen LogP contribution in [0.1, 0.15) is 25.0 Å². The van der Waals surface area contributed by atoms with E-state index in [2.05, 4.69) is 20.7 Å². The molecule has 28 heavy (non-hydrogen) atoms. The quantitative estimate of drug-likeness (QED) is 0.444. The number of hydrogen-bond donors (Lipinski definition) is 3. The van der Waals surface area contributed by atoms with Gasteiger partial charge in [0.25, 0.3) is 0 Å². The number of hydrogen-bond acceptors (Lipinski definition) is 5. The van der Waals surface area contributed by atoms with Crippen molar-refractivity contribution in [3.63, 3.8) is 0 Å². The predicted molar refractivity (Wildman–Crippen MR) is 110 cm³/mol. The molecule has 0 aliphatic rings. The van der Waals surface area contributed by atoms with Gasteiger partial charge in [-0.25, -0.2) is 4.99 Å². The van der Waals surface area contributed by atoms with Crippen LogP contribution >= 0.6 is 0 Å². The zero-order valence-corrected chi connectivity index (χ0v) is 17.3. The van der Waals surface area contributed by atoms with Crippen LogP contribution in [0, 0.1) is 0 Å². The number of benzene rings is 1. The van der Waals surface area contributed by atoms with Crippen molar-refractivity contribution in [3.05, 3.63) is 41.7 Å². The number of aliphatic hydroxyl groups is 1. The number of methoxy groups -OCH3 is 2. The van der Waals surface area contributed by atoms with Gasteiger partial charge in [0, 0.05) is 31.9 Å². The summed E-state index contributed by atoms with van der Waals surface area (Å²) in [5.41, 5.74) is 0.781. The Morgan fingerprint density at radius 1 is 1.25 bits per heavy atom. The SMILES string of the molecule is CCNC(=NCC(C)(O)c1cnn(C)c1)NCCc1ccc(OC)c(OC)c1. The van der Waals surface area contributed by atoms with E-state index in [4.69, 9.17) is 9.47 Å². The first kappa shape index (κ1) is 21.6. The van der Waals surface area contributed by atoms with Crippen molar-refractivity contribution in [2.45, 2.75) is 25.9 Å². The number of aryl methyl sites for hydroxylation is 1. The first-order chi connectivity index (χ1) is 13.4. The number of rotatable bonds is 9. The first-order valence-corrected chi connectivity index (χ1v) is 9.34. The highest BCUT2D eigenvalue weighted by Crippen LogP contribution is 2.27. The monoisotopic (exact) mass is 389 g/mol. The van der Waals surface area contributed by atoms with E-state index in [1.165, 1.54) is 0 Å². The Hall–Kier alpha value is -2.74. The van der Waals surface area contributed by atoms with Gasteiger partial charge in [-0.15, -0.1) is 0 Å². The highest BCUT2D eigenvalue weighted by atomic mass is 16.5. The summed E-state index contributed by atoms with van der Waals surface area (Å²) in [5, 5.41) is 21.3. The van der Waals surface area contributed by atoms with Crippen molar-refractivity contribution < 1.29 is 14.6 Å². The number of aromatic nitrogens is 2. The second kappa shape index (κ2) is 9.98. The third-order valence-corrected chi connectivity index (χ3v) is 4.37. The van der Waals surface area contributed by atoms with E-state index in [9.17, 15) is 5.11 Å². The van der Waals surface area contributed by atoms with Crippen LogP contribution in [-0.2, 0) is 19.1 Å². The van der Waals surface area contributed by atoms with Gasteiger partial charge < -0.3 is 25.2 Å². The van der Waals surface area contributed by atoms with Gasteiger partial charge in [-0.2, -0.15) is 5.10 Å². The molecule has 3 N–H and O–H groups in total. The highest BCUT2D eigenvalue weighted by Gasteiger charge is 2.24. The molecule has 0 radical (unpaired) electrons. The molecule has 2 aromatic rings. The lowest BCUT2D eigenvalue weighted by Crippen LogP contribution is -2.39. The van der Waals surface area contributed by atoms with Crippen molar-refractivity contribution in [1.29, 1.82) is 0 Å². The summed E-state index contributed by atoms with van der Waals surface area (Å²) in [6, 6.07) is 5.89. The molecule has 8 nitrogen and oxygen atoms in total. The van der Waals surface area contributed by atoms with E-state index in [1.807, 2.05) is 32.2 Å². The van der Waals surface area contributed by atoms with E-state index < -0.39 is 5.60 Å². The van der Waals surface area contributed by atoms with E-state index >= 15 is 0 Å². The summed E-state index contributed by atoms with van der Waals surface area (Å²) in [6.45, 7) is 5.39. The van der Waals surface area contributed by atoms with Gasteiger partial charge >= 0.3 is 0 Å². The average molecular weight is 390 g/mol. The van der Waals surface area contributed by atoms with E-state index in [-0.39, 0.29) is 6.54 Å². The minimum Gasteiger partial charge on any atom is -0.493 e. The minimum absolute atomic E-state index is 0.227. The molecule has 8 heteroatoms. The number of aliphatic imine (C=N–C) groups is 1. The Kier molecular flexibility index (Phi) is 7.69. The molecule has 1 aromatic heterocycles. The zero-order valence-electron chi connectivity index (χ0n) is 17.3. The normalized spacial score (nSPS) is 13.7. The number of ether oxygens (including phenoxy) is 2. The average Bonchev–Trinajstić information content (AvgIpc) is 3.13. The second-order valence-electron chi connectivity index (χ2n) is 6.74. The highest BCUT2D eigenvalue weighted by molar-refractivity contribution is 5.79. The molecule has 0 bridgehead atoms. The Balaban J connectivity index is 1.96. The molecule has 2 rings (SSSR count).